The number of hydrogen-bond acceptors (Lipinski definition) is 2. The number of nitrogens with zero attached hydrogens (tertiary/aromatic N) is 2. The van der Waals surface area contributed by atoms with E-state index in [0.29, 0.717) is 5.92 Å². The highest BCUT2D eigenvalue weighted by Crippen LogP contribution is 2.34. The van der Waals surface area contributed by atoms with Crippen LogP contribution < -0.4 is 0 Å². The van der Waals surface area contributed by atoms with E-state index >= 15 is 0 Å². The molecule has 0 saturated heterocycles. The van der Waals surface area contributed by atoms with E-state index in [-0.39, 0.29) is 0 Å². The Hall–Kier alpha value is -5.08. The molecule has 2 nitrogen and oxygen atoms in total. The van der Waals surface area contributed by atoms with E-state index in [1.54, 1.807) is 0 Å². The van der Waals surface area contributed by atoms with Gasteiger partial charge in [0.2, 0.25) is 0 Å². The standard InChI is InChI=1S/C39H30N2/c1-26(2)35-21-36(29-11-7-27(8-12-29)33-17-15-31-5-3-19-40-38(31)24-33)23-37(22-35)30-13-9-28(10-14-30)34-18-16-32-6-4-20-41-39(32)25-34/h3-26H,1-2H3. The largest absolute Gasteiger partial charge is 0.256 e. The minimum atomic E-state index is 0.433. The van der Waals surface area contributed by atoms with Crippen molar-refractivity contribution < 1.29 is 0 Å². The Morgan fingerprint density at radius 2 is 0.780 bits per heavy atom. The van der Waals surface area contributed by atoms with Gasteiger partial charge >= 0.3 is 0 Å². The minimum Gasteiger partial charge on any atom is -0.256 e. The Labute approximate surface area is 241 Å². The summed E-state index contributed by atoms with van der Waals surface area (Å²) >= 11 is 0. The maximum absolute atomic E-state index is 4.53. The van der Waals surface area contributed by atoms with E-state index < -0.39 is 0 Å². The number of rotatable bonds is 5. The average Bonchev–Trinajstić information content (AvgIpc) is 3.04. The molecule has 0 amide bonds. The molecule has 0 aliphatic rings. The van der Waals surface area contributed by atoms with E-state index in [4.69, 9.17) is 0 Å². The van der Waals surface area contributed by atoms with Crippen LogP contribution >= 0.6 is 0 Å². The number of fused-ring (bicyclic) bond motifs is 2. The van der Waals surface area contributed by atoms with Crippen LogP contribution in [0.4, 0.5) is 0 Å². The zero-order chi connectivity index (χ0) is 27.8. The van der Waals surface area contributed by atoms with Crippen LogP contribution in [0.15, 0.2) is 140 Å². The van der Waals surface area contributed by atoms with Gasteiger partial charge in [-0.15, -0.1) is 0 Å². The minimum absolute atomic E-state index is 0.433. The molecular weight excluding hydrogens is 496 g/mol. The quantitative estimate of drug-likeness (QED) is 0.223. The maximum atomic E-state index is 4.53. The van der Waals surface area contributed by atoms with Gasteiger partial charge in [0.05, 0.1) is 11.0 Å². The number of aromatic nitrogens is 2. The lowest BCUT2D eigenvalue weighted by atomic mass is 9.91. The van der Waals surface area contributed by atoms with Crippen LogP contribution in [0.2, 0.25) is 0 Å². The molecule has 0 aliphatic heterocycles. The van der Waals surface area contributed by atoms with E-state index in [9.17, 15) is 0 Å². The lowest BCUT2D eigenvalue weighted by Gasteiger charge is -2.14. The second-order valence-electron chi connectivity index (χ2n) is 11.0. The SMILES string of the molecule is CC(C)c1cc(-c2ccc(-c3ccc4cccnc4c3)cc2)cc(-c2ccc(-c3ccc4cccnc4c3)cc2)c1. The summed E-state index contributed by atoms with van der Waals surface area (Å²) in [7, 11) is 0. The molecule has 41 heavy (non-hydrogen) atoms. The average molecular weight is 527 g/mol. The first-order chi connectivity index (χ1) is 20.1. The second kappa shape index (κ2) is 10.5. The molecule has 7 rings (SSSR count). The zero-order valence-electron chi connectivity index (χ0n) is 23.3. The van der Waals surface area contributed by atoms with Crippen molar-refractivity contribution in [1.29, 1.82) is 0 Å². The molecule has 0 radical (unpaired) electrons. The van der Waals surface area contributed by atoms with Crippen molar-refractivity contribution in [1.82, 2.24) is 9.97 Å². The third kappa shape index (κ3) is 5.01. The molecule has 5 aromatic carbocycles. The topological polar surface area (TPSA) is 25.8 Å². The molecular formula is C39H30N2. The molecule has 0 N–H and O–H groups in total. The van der Waals surface area contributed by atoms with Gasteiger partial charge in [-0.1, -0.05) is 111 Å². The van der Waals surface area contributed by atoms with E-state index in [0.717, 1.165) is 21.8 Å². The van der Waals surface area contributed by atoms with Crippen LogP contribution in [-0.4, -0.2) is 9.97 Å². The molecule has 2 heterocycles. The van der Waals surface area contributed by atoms with Gasteiger partial charge in [-0.05, 0) is 86.3 Å². The molecule has 0 unspecified atom stereocenters. The van der Waals surface area contributed by atoms with Crippen molar-refractivity contribution in [3.05, 3.63) is 145 Å². The van der Waals surface area contributed by atoms with Crippen LogP contribution in [0.3, 0.4) is 0 Å². The van der Waals surface area contributed by atoms with E-state index in [1.807, 2.05) is 24.5 Å². The molecule has 0 spiro atoms. The predicted octanol–water partition coefficient (Wildman–Crippen LogP) is 10.6. The smallest absolute Gasteiger partial charge is 0.0708 e. The molecule has 0 bridgehead atoms. The first kappa shape index (κ1) is 24.9. The molecule has 7 aromatic rings. The van der Waals surface area contributed by atoms with E-state index in [1.165, 1.54) is 50.1 Å². The normalized spacial score (nSPS) is 11.4. The Morgan fingerprint density at radius 3 is 1.20 bits per heavy atom. The lowest BCUT2D eigenvalue weighted by Crippen LogP contribution is -1.91. The maximum Gasteiger partial charge on any atom is 0.0708 e. The highest BCUT2D eigenvalue weighted by Gasteiger charge is 2.10. The van der Waals surface area contributed by atoms with Crippen LogP contribution in [0.5, 0.6) is 0 Å². The summed E-state index contributed by atoms with van der Waals surface area (Å²) in [6, 6.07) is 45.9. The second-order valence-corrected chi connectivity index (χ2v) is 11.0. The first-order valence-corrected chi connectivity index (χ1v) is 14.2. The number of hydrogen-bond donors (Lipinski definition) is 0. The summed E-state index contributed by atoms with van der Waals surface area (Å²) in [6.07, 6.45) is 3.70. The number of pyridine rings is 2. The molecule has 2 aromatic heterocycles. The lowest BCUT2D eigenvalue weighted by molar-refractivity contribution is 0.867. The van der Waals surface area contributed by atoms with Crippen molar-refractivity contribution in [2.24, 2.45) is 0 Å². The zero-order valence-corrected chi connectivity index (χ0v) is 23.3. The Balaban J connectivity index is 1.21. The van der Waals surface area contributed by atoms with Gasteiger partial charge in [-0.2, -0.15) is 0 Å². The van der Waals surface area contributed by atoms with Gasteiger partial charge < -0.3 is 0 Å². The summed E-state index contributed by atoms with van der Waals surface area (Å²) in [5, 5.41) is 2.32. The van der Waals surface area contributed by atoms with Crippen LogP contribution in [0, 0.1) is 0 Å². The summed E-state index contributed by atoms with van der Waals surface area (Å²) in [5.41, 5.74) is 13.1. The summed E-state index contributed by atoms with van der Waals surface area (Å²) in [6.45, 7) is 4.52. The fourth-order valence-electron chi connectivity index (χ4n) is 5.52. The third-order valence-corrected chi connectivity index (χ3v) is 7.94. The van der Waals surface area contributed by atoms with Crippen LogP contribution in [-0.2, 0) is 0 Å². The summed E-state index contributed by atoms with van der Waals surface area (Å²) in [5.74, 6) is 0.433. The highest BCUT2D eigenvalue weighted by molar-refractivity contribution is 5.86. The predicted molar refractivity (Wildman–Crippen MR) is 173 cm³/mol. The molecule has 0 atom stereocenters. The Morgan fingerprint density at radius 1 is 0.390 bits per heavy atom. The van der Waals surface area contributed by atoms with Crippen molar-refractivity contribution >= 4 is 21.8 Å². The highest BCUT2D eigenvalue weighted by atomic mass is 14.6. The molecule has 0 fully saturated rings. The number of benzene rings is 5. The van der Waals surface area contributed by atoms with Gasteiger partial charge in [0.25, 0.3) is 0 Å². The van der Waals surface area contributed by atoms with Crippen molar-refractivity contribution in [2.45, 2.75) is 19.8 Å². The Kier molecular flexibility index (Phi) is 6.37. The molecule has 2 heteroatoms. The third-order valence-electron chi connectivity index (χ3n) is 7.94. The fourth-order valence-corrected chi connectivity index (χ4v) is 5.52. The van der Waals surface area contributed by atoms with Crippen LogP contribution in [0.25, 0.3) is 66.3 Å². The van der Waals surface area contributed by atoms with Gasteiger partial charge in [0, 0.05) is 23.2 Å². The monoisotopic (exact) mass is 526 g/mol. The van der Waals surface area contributed by atoms with Crippen molar-refractivity contribution in [3.8, 4) is 44.5 Å². The molecule has 0 aliphatic carbocycles. The van der Waals surface area contributed by atoms with E-state index in [2.05, 4.69) is 139 Å². The van der Waals surface area contributed by atoms with Gasteiger partial charge in [-0.3, -0.25) is 9.97 Å². The summed E-state index contributed by atoms with van der Waals surface area (Å²) < 4.78 is 0. The van der Waals surface area contributed by atoms with Gasteiger partial charge in [-0.25, -0.2) is 0 Å². The summed E-state index contributed by atoms with van der Waals surface area (Å²) in [4.78, 5) is 9.06. The van der Waals surface area contributed by atoms with Gasteiger partial charge in [0.1, 0.15) is 0 Å². The molecule has 0 saturated carbocycles. The fraction of sp³-hybridized carbons (Fsp3) is 0.0769. The van der Waals surface area contributed by atoms with Crippen LogP contribution in [0.1, 0.15) is 25.3 Å². The first-order valence-electron chi connectivity index (χ1n) is 14.2. The molecule has 196 valence electrons. The Bertz CT molecular complexity index is 1860. The van der Waals surface area contributed by atoms with Crippen molar-refractivity contribution in [3.63, 3.8) is 0 Å². The van der Waals surface area contributed by atoms with Crippen molar-refractivity contribution in [2.75, 3.05) is 0 Å². The van der Waals surface area contributed by atoms with Gasteiger partial charge in [0.15, 0.2) is 0 Å².